The lowest BCUT2D eigenvalue weighted by Crippen LogP contribution is -2.37. The molecule has 2 heterocycles. The van der Waals surface area contributed by atoms with Crippen molar-refractivity contribution < 1.29 is 14.6 Å². The number of azo groups is 1. The number of carbonyl (C=O) groups is 1. The number of hydrogen-bond acceptors (Lipinski definition) is 7. The van der Waals surface area contributed by atoms with E-state index in [4.69, 9.17) is 4.74 Å². The number of methoxy groups -OCH3 is 1. The normalized spacial score (nSPS) is 15.5. The number of ether oxygens (including phenoxy) is 1. The van der Waals surface area contributed by atoms with E-state index < -0.39 is 5.97 Å². The minimum absolute atomic E-state index is 0.0127. The molecular formula is C23H27N5O3. The number of carbonyl (C=O) groups excluding carboxylic acids is 1. The summed E-state index contributed by atoms with van der Waals surface area (Å²) in [5.74, 6) is 0.0583. The fraction of sp³-hybridized carbons (Fsp3) is 0.391. The average Bonchev–Trinajstić information content (AvgIpc) is 3.07. The number of aryl methyl sites for hydroxylation is 1. The van der Waals surface area contributed by atoms with Crippen molar-refractivity contribution in [2.75, 3.05) is 25.1 Å². The van der Waals surface area contributed by atoms with Crippen molar-refractivity contribution in [2.45, 2.75) is 32.6 Å². The second kappa shape index (κ2) is 7.68. The number of fused-ring (bicyclic) bond motifs is 2. The molecule has 1 aromatic heterocycles. The Bertz CT molecular complexity index is 1200. The monoisotopic (exact) mass is 421 g/mol. The zero-order valence-corrected chi connectivity index (χ0v) is 18.5. The summed E-state index contributed by atoms with van der Waals surface area (Å²) < 4.78 is 6.54. The maximum Gasteiger partial charge on any atom is 0.337 e. The van der Waals surface area contributed by atoms with Crippen LogP contribution in [0.4, 0.5) is 17.3 Å². The maximum atomic E-state index is 11.8. The zero-order valence-electron chi connectivity index (χ0n) is 18.5. The molecule has 8 nitrogen and oxygen atoms in total. The fourth-order valence-electron chi connectivity index (χ4n) is 4.06. The third kappa shape index (κ3) is 3.62. The highest BCUT2D eigenvalue weighted by molar-refractivity contribution is 5.94. The maximum absolute atomic E-state index is 11.8. The smallest absolute Gasteiger partial charge is 0.337 e. The molecule has 162 valence electrons. The number of imidazole rings is 1. The molecule has 0 unspecified atom stereocenters. The van der Waals surface area contributed by atoms with E-state index >= 15 is 0 Å². The van der Waals surface area contributed by atoms with Crippen molar-refractivity contribution in [1.82, 2.24) is 9.55 Å². The van der Waals surface area contributed by atoms with Gasteiger partial charge in [0.25, 0.3) is 0 Å². The van der Waals surface area contributed by atoms with E-state index in [0.29, 0.717) is 22.7 Å². The number of aromatic hydroxyl groups is 1. The van der Waals surface area contributed by atoms with Gasteiger partial charge in [-0.2, -0.15) is 0 Å². The van der Waals surface area contributed by atoms with Crippen LogP contribution in [0.15, 0.2) is 40.6 Å². The molecule has 3 aromatic rings. The van der Waals surface area contributed by atoms with Crippen molar-refractivity contribution in [3.63, 3.8) is 0 Å². The average molecular weight is 422 g/mol. The minimum atomic E-state index is -0.408. The summed E-state index contributed by atoms with van der Waals surface area (Å²) in [6, 6.07) is 8.84. The Hall–Kier alpha value is -3.42. The lowest BCUT2D eigenvalue weighted by molar-refractivity contribution is 0.0601. The molecule has 0 amide bonds. The van der Waals surface area contributed by atoms with Crippen LogP contribution in [0, 0.1) is 0 Å². The van der Waals surface area contributed by atoms with Crippen LogP contribution in [0.2, 0.25) is 0 Å². The Morgan fingerprint density at radius 2 is 2.03 bits per heavy atom. The van der Waals surface area contributed by atoms with E-state index in [1.165, 1.54) is 7.11 Å². The number of aromatic nitrogens is 2. The first-order valence-electron chi connectivity index (χ1n) is 10.3. The molecule has 4 rings (SSSR count). The molecule has 0 saturated carbocycles. The summed E-state index contributed by atoms with van der Waals surface area (Å²) in [6.07, 6.45) is 1.03. The highest BCUT2D eigenvalue weighted by Crippen LogP contribution is 2.45. The van der Waals surface area contributed by atoms with E-state index in [1.807, 2.05) is 6.07 Å². The van der Waals surface area contributed by atoms with Gasteiger partial charge in [-0.05, 0) is 48.6 Å². The first-order valence-corrected chi connectivity index (χ1v) is 10.3. The molecule has 0 spiro atoms. The van der Waals surface area contributed by atoms with E-state index in [2.05, 4.69) is 40.9 Å². The van der Waals surface area contributed by atoms with E-state index in [0.717, 1.165) is 36.3 Å². The predicted molar refractivity (Wildman–Crippen MR) is 120 cm³/mol. The predicted octanol–water partition coefficient (Wildman–Crippen LogP) is 4.99. The summed E-state index contributed by atoms with van der Waals surface area (Å²) in [5.41, 5.74) is 4.47. The number of anilines is 1. The largest absolute Gasteiger partial charge is 0.506 e. The number of nitrogens with zero attached hydrogens (tertiary/aromatic N) is 5. The van der Waals surface area contributed by atoms with Gasteiger partial charge >= 0.3 is 5.97 Å². The van der Waals surface area contributed by atoms with E-state index in [-0.39, 0.29) is 11.2 Å². The van der Waals surface area contributed by atoms with Gasteiger partial charge in [-0.15, -0.1) is 10.2 Å². The van der Waals surface area contributed by atoms with Crippen LogP contribution in [0.3, 0.4) is 0 Å². The van der Waals surface area contributed by atoms with Crippen molar-refractivity contribution in [1.29, 1.82) is 0 Å². The first kappa shape index (κ1) is 20.8. The van der Waals surface area contributed by atoms with Crippen LogP contribution in [-0.2, 0) is 17.2 Å². The molecule has 31 heavy (non-hydrogen) atoms. The van der Waals surface area contributed by atoms with Gasteiger partial charge in [0.1, 0.15) is 11.4 Å². The molecule has 1 N–H and O–H groups in total. The summed E-state index contributed by atoms with van der Waals surface area (Å²) >= 11 is 0. The Morgan fingerprint density at radius 3 is 2.74 bits per heavy atom. The summed E-state index contributed by atoms with van der Waals surface area (Å²) in [7, 11) is 3.15. The fourth-order valence-corrected chi connectivity index (χ4v) is 4.06. The van der Waals surface area contributed by atoms with Crippen LogP contribution >= 0.6 is 0 Å². The minimum Gasteiger partial charge on any atom is -0.506 e. The highest BCUT2D eigenvalue weighted by Gasteiger charge is 2.32. The van der Waals surface area contributed by atoms with Gasteiger partial charge in [-0.25, -0.2) is 9.78 Å². The molecular weight excluding hydrogens is 394 g/mol. The van der Waals surface area contributed by atoms with Crippen LogP contribution in [-0.4, -0.2) is 40.8 Å². The molecule has 1 aliphatic rings. The Balaban J connectivity index is 1.73. The molecule has 0 atom stereocenters. The van der Waals surface area contributed by atoms with Crippen LogP contribution < -0.4 is 4.90 Å². The standard InChI is InChI=1S/C23H27N5O3/c1-6-28-10-9-23(2,3)15-12-17(20(29)13-18(15)28)25-26-22-24-16-8-7-14(21(30)31-5)11-19(16)27(22)4/h7-8,11-13,29H,6,9-10H2,1-5H3. The third-order valence-corrected chi connectivity index (χ3v) is 6.08. The van der Waals surface area contributed by atoms with Crippen LogP contribution in [0.25, 0.3) is 11.0 Å². The van der Waals surface area contributed by atoms with Gasteiger partial charge in [-0.1, -0.05) is 13.8 Å². The van der Waals surface area contributed by atoms with E-state index in [1.54, 1.807) is 35.9 Å². The Labute approximate surface area is 181 Å². The lowest BCUT2D eigenvalue weighted by Gasteiger charge is -2.40. The molecule has 1 aliphatic heterocycles. The number of esters is 1. The SMILES string of the molecule is CCN1CCC(C)(C)c2cc(N=Nc3nc4ccc(C(=O)OC)cc4n3C)c(O)cc21. The van der Waals surface area contributed by atoms with Gasteiger partial charge in [0.2, 0.25) is 5.95 Å². The molecule has 0 fully saturated rings. The van der Waals surface area contributed by atoms with Crippen LogP contribution in [0.5, 0.6) is 5.75 Å². The number of phenols is 1. The summed E-state index contributed by atoms with van der Waals surface area (Å²) in [4.78, 5) is 18.6. The lowest BCUT2D eigenvalue weighted by atomic mass is 9.77. The first-order chi connectivity index (χ1) is 14.7. The van der Waals surface area contributed by atoms with Gasteiger partial charge < -0.3 is 19.3 Å². The number of rotatable bonds is 4. The molecule has 2 aromatic carbocycles. The van der Waals surface area contributed by atoms with Gasteiger partial charge in [0.15, 0.2) is 0 Å². The molecule has 0 aliphatic carbocycles. The third-order valence-electron chi connectivity index (χ3n) is 6.08. The molecule has 0 bridgehead atoms. The van der Waals surface area contributed by atoms with Gasteiger partial charge in [0.05, 0.1) is 23.7 Å². The molecule has 0 saturated heterocycles. The second-order valence-corrected chi connectivity index (χ2v) is 8.44. The second-order valence-electron chi connectivity index (χ2n) is 8.44. The van der Waals surface area contributed by atoms with Gasteiger partial charge in [0, 0.05) is 31.9 Å². The number of phenolic OH excluding ortho intramolecular Hbond substituents is 1. The number of benzene rings is 2. The Morgan fingerprint density at radius 1 is 1.26 bits per heavy atom. The van der Waals surface area contributed by atoms with Crippen molar-refractivity contribution in [2.24, 2.45) is 17.3 Å². The molecule has 8 heteroatoms. The van der Waals surface area contributed by atoms with Crippen LogP contribution in [0.1, 0.15) is 43.1 Å². The quantitative estimate of drug-likeness (QED) is 0.473. The Kier molecular flexibility index (Phi) is 5.16. The highest BCUT2D eigenvalue weighted by atomic mass is 16.5. The summed E-state index contributed by atoms with van der Waals surface area (Å²) in [5, 5.41) is 19.2. The van der Waals surface area contributed by atoms with Crippen molar-refractivity contribution in [3.05, 3.63) is 41.5 Å². The van der Waals surface area contributed by atoms with Gasteiger partial charge in [-0.3, -0.25) is 0 Å². The van der Waals surface area contributed by atoms with Crippen molar-refractivity contribution >= 4 is 34.3 Å². The zero-order chi connectivity index (χ0) is 22.3. The molecule has 0 radical (unpaired) electrons. The summed E-state index contributed by atoms with van der Waals surface area (Å²) in [6.45, 7) is 8.38. The number of hydrogen-bond donors (Lipinski definition) is 1. The van der Waals surface area contributed by atoms with Crippen molar-refractivity contribution in [3.8, 4) is 5.75 Å². The topological polar surface area (TPSA) is 92.3 Å². The van der Waals surface area contributed by atoms with E-state index in [9.17, 15) is 9.90 Å².